The molecule has 0 spiro atoms. The Bertz CT molecular complexity index is 1040. The summed E-state index contributed by atoms with van der Waals surface area (Å²) in [6.07, 6.45) is 3.20. The third-order valence-corrected chi connectivity index (χ3v) is 7.38. The summed E-state index contributed by atoms with van der Waals surface area (Å²) in [5.74, 6) is 0.621. The van der Waals surface area contributed by atoms with Crippen LogP contribution in [0.4, 0.5) is 5.69 Å². The largest absolute Gasteiger partial charge is 0.451 e. The quantitative estimate of drug-likeness (QED) is 0.530. The van der Waals surface area contributed by atoms with Gasteiger partial charge in [-0.3, -0.25) is 14.9 Å². The van der Waals surface area contributed by atoms with Crippen LogP contribution >= 0.6 is 11.6 Å². The van der Waals surface area contributed by atoms with Crippen LogP contribution in [0.3, 0.4) is 0 Å². The van der Waals surface area contributed by atoms with Crippen molar-refractivity contribution in [3.63, 3.8) is 0 Å². The highest BCUT2D eigenvalue weighted by atomic mass is 35.5. The lowest BCUT2D eigenvalue weighted by Gasteiger charge is -2.34. The number of fused-ring (bicyclic) bond motifs is 2. The summed E-state index contributed by atoms with van der Waals surface area (Å²) < 4.78 is 5.62. The first kappa shape index (κ1) is 19.6. The molecule has 1 aromatic carbocycles. The van der Waals surface area contributed by atoms with Crippen molar-refractivity contribution in [1.82, 2.24) is 5.43 Å². The van der Waals surface area contributed by atoms with E-state index < -0.39 is 10.8 Å². The lowest BCUT2D eigenvalue weighted by atomic mass is 9.70. The molecule has 0 saturated heterocycles. The second-order valence-corrected chi connectivity index (χ2v) is 8.99. The van der Waals surface area contributed by atoms with Crippen LogP contribution in [0.15, 0.2) is 39.9 Å². The molecule has 0 radical (unpaired) electrons. The van der Waals surface area contributed by atoms with E-state index >= 15 is 0 Å². The standard InChI is InChI=1S/C21H22ClN3O4/c1-20(2)12-8-9-21(20,3)18(10-12)23-24-19(26)17-7-6-16(29-17)14-5-4-13(25(27)28)11-15(14)22/h4-7,11-12H,8-10H2,1-3H3,(H,24,26)/b23-18+/t12-,21+/m1/s1. The highest BCUT2D eigenvalue weighted by Crippen LogP contribution is 2.63. The molecule has 2 atom stereocenters. The Kier molecular flexibility index (Phi) is 4.53. The smallest absolute Gasteiger partial charge is 0.307 e. The third-order valence-electron chi connectivity index (χ3n) is 7.06. The molecule has 2 aromatic rings. The molecule has 2 bridgehead atoms. The van der Waals surface area contributed by atoms with Crippen LogP contribution < -0.4 is 5.43 Å². The second-order valence-electron chi connectivity index (χ2n) is 8.58. The van der Waals surface area contributed by atoms with Gasteiger partial charge in [0.25, 0.3) is 5.69 Å². The number of benzene rings is 1. The van der Waals surface area contributed by atoms with Gasteiger partial charge in [0.05, 0.1) is 9.95 Å². The summed E-state index contributed by atoms with van der Waals surface area (Å²) in [5, 5.41) is 15.5. The predicted molar refractivity (Wildman–Crippen MR) is 110 cm³/mol. The zero-order chi connectivity index (χ0) is 21.0. The lowest BCUT2D eigenvalue weighted by Crippen LogP contribution is -2.34. The van der Waals surface area contributed by atoms with E-state index in [2.05, 4.69) is 31.3 Å². The molecule has 1 N–H and O–H groups in total. The number of amides is 1. The highest BCUT2D eigenvalue weighted by Gasteiger charge is 2.60. The molecule has 152 valence electrons. The van der Waals surface area contributed by atoms with Gasteiger partial charge in [-0.25, -0.2) is 5.43 Å². The molecular formula is C21H22ClN3O4. The van der Waals surface area contributed by atoms with E-state index in [1.807, 2.05) is 0 Å². The van der Waals surface area contributed by atoms with Crippen molar-refractivity contribution < 1.29 is 14.1 Å². The number of non-ortho nitro benzene ring substituents is 1. The fourth-order valence-corrected chi connectivity index (χ4v) is 4.96. The molecule has 4 rings (SSSR count). The normalized spacial score (nSPS) is 26.1. The van der Waals surface area contributed by atoms with Crippen LogP contribution in [0.2, 0.25) is 5.02 Å². The van der Waals surface area contributed by atoms with E-state index in [1.54, 1.807) is 6.07 Å². The maximum absolute atomic E-state index is 12.5. The topological polar surface area (TPSA) is 97.7 Å². The van der Waals surface area contributed by atoms with Crippen molar-refractivity contribution in [3.8, 4) is 11.3 Å². The molecule has 2 aliphatic rings. The molecule has 2 saturated carbocycles. The van der Waals surface area contributed by atoms with Crippen molar-refractivity contribution in [2.24, 2.45) is 21.8 Å². The molecule has 1 heterocycles. The molecule has 1 amide bonds. The Hall–Kier alpha value is -2.67. The van der Waals surface area contributed by atoms with Gasteiger partial charge in [0, 0.05) is 28.8 Å². The summed E-state index contributed by atoms with van der Waals surface area (Å²) in [6, 6.07) is 7.24. The Morgan fingerprint density at radius 2 is 2.07 bits per heavy atom. The first-order valence-electron chi connectivity index (χ1n) is 9.55. The number of hydrogen-bond acceptors (Lipinski definition) is 5. The minimum Gasteiger partial charge on any atom is -0.451 e. The predicted octanol–water partition coefficient (Wildman–Crippen LogP) is 5.44. The van der Waals surface area contributed by atoms with Crippen LogP contribution in [-0.4, -0.2) is 16.5 Å². The minimum atomic E-state index is -0.521. The number of halogens is 1. The number of nitrogens with zero attached hydrogens (tertiary/aromatic N) is 2. The summed E-state index contributed by atoms with van der Waals surface area (Å²) in [5.41, 5.74) is 4.22. The van der Waals surface area contributed by atoms with Gasteiger partial charge in [-0.05, 0) is 48.8 Å². The Balaban J connectivity index is 1.51. The van der Waals surface area contributed by atoms with Gasteiger partial charge in [0.1, 0.15) is 5.76 Å². The molecule has 2 aliphatic carbocycles. The van der Waals surface area contributed by atoms with Crippen LogP contribution in [0.25, 0.3) is 11.3 Å². The van der Waals surface area contributed by atoms with Gasteiger partial charge >= 0.3 is 5.91 Å². The van der Waals surface area contributed by atoms with Crippen molar-refractivity contribution in [2.45, 2.75) is 40.0 Å². The van der Waals surface area contributed by atoms with Gasteiger partial charge in [0.15, 0.2) is 5.76 Å². The number of rotatable bonds is 4. The Morgan fingerprint density at radius 1 is 1.31 bits per heavy atom. The number of nitro groups is 1. The van der Waals surface area contributed by atoms with Gasteiger partial charge < -0.3 is 4.42 Å². The highest BCUT2D eigenvalue weighted by molar-refractivity contribution is 6.33. The summed E-state index contributed by atoms with van der Waals surface area (Å²) in [4.78, 5) is 22.8. The molecule has 0 unspecified atom stereocenters. The number of nitrogens with one attached hydrogen (secondary N) is 1. The van der Waals surface area contributed by atoms with Crippen LogP contribution in [-0.2, 0) is 0 Å². The number of carbonyl (C=O) groups is 1. The number of hydrogen-bond donors (Lipinski definition) is 1. The fourth-order valence-electron chi connectivity index (χ4n) is 4.69. The first-order valence-corrected chi connectivity index (χ1v) is 9.93. The van der Waals surface area contributed by atoms with Crippen molar-refractivity contribution in [2.75, 3.05) is 0 Å². The van der Waals surface area contributed by atoms with Gasteiger partial charge in [-0.2, -0.15) is 5.10 Å². The Morgan fingerprint density at radius 3 is 2.66 bits per heavy atom. The SMILES string of the molecule is CC1(C)[C@@H]2CC[C@@]1(C)/C(=N/NC(=O)c1ccc(-c3ccc([N+](=O)[O-])cc3Cl)o1)C2. The number of carbonyl (C=O) groups excluding carboxylic acids is 1. The van der Waals surface area contributed by atoms with Crippen molar-refractivity contribution >= 4 is 28.9 Å². The number of furan rings is 1. The first-order chi connectivity index (χ1) is 13.6. The van der Waals surface area contributed by atoms with Crippen molar-refractivity contribution in [1.29, 1.82) is 0 Å². The molecule has 0 aliphatic heterocycles. The zero-order valence-corrected chi connectivity index (χ0v) is 17.2. The average Bonchev–Trinajstić information content (AvgIpc) is 3.29. The van der Waals surface area contributed by atoms with E-state index in [0.29, 0.717) is 17.2 Å². The summed E-state index contributed by atoms with van der Waals surface area (Å²) in [7, 11) is 0. The molecule has 1 aromatic heterocycles. The van der Waals surface area contributed by atoms with Crippen LogP contribution in [0.1, 0.15) is 50.6 Å². The van der Waals surface area contributed by atoms with Gasteiger partial charge in [-0.15, -0.1) is 0 Å². The Labute approximate surface area is 173 Å². The maximum Gasteiger partial charge on any atom is 0.307 e. The monoisotopic (exact) mass is 415 g/mol. The maximum atomic E-state index is 12.5. The van der Waals surface area contributed by atoms with E-state index in [-0.39, 0.29) is 27.3 Å². The van der Waals surface area contributed by atoms with Crippen molar-refractivity contribution in [3.05, 3.63) is 51.2 Å². The molecule has 7 nitrogen and oxygen atoms in total. The number of nitro benzene ring substituents is 1. The molecule has 2 fully saturated rings. The molecule has 8 heteroatoms. The van der Waals surface area contributed by atoms with E-state index in [1.165, 1.54) is 30.7 Å². The lowest BCUT2D eigenvalue weighted by molar-refractivity contribution is -0.384. The second kappa shape index (κ2) is 6.69. The molecular weight excluding hydrogens is 394 g/mol. The van der Waals surface area contributed by atoms with E-state index in [0.717, 1.165) is 18.6 Å². The van der Waals surface area contributed by atoms with Crippen LogP contribution in [0.5, 0.6) is 0 Å². The summed E-state index contributed by atoms with van der Waals surface area (Å²) in [6.45, 7) is 6.79. The van der Waals surface area contributed by atoms with Gasteiger partial charge in [0.2, 0.25) is 0 Å². The average molecular weight is 416 g/mol. The molecule has 29 heavy (non-hydrogen) atoms. The zero-order valence-electron chi connectivity index (χ0n) is 16.5. The third kappa shape index (κ3) is 3.04. The van der Waals surface area contributed by atoms with Crippen LogP contribution in [0, 0.1) is 26.9 Å². The minimum absolute atomic E-state index is 0.00551. The van der Waals surface area contributed by atoms with Gasteiger partial charge in [-0.1, -0.05) is 32.4 Å². The number of hydrazone groups is 1. The van der Waals surface area contributed by atoms with E-state index in [4.69, 9.17) is 16.0 Å². The summed E-state index contributed by atoms with van der Waals surface area (Å²) >= 11 is 6.14. The fraction of sp³-hybridized carbons (Fsp3) is 0.429. The van der Waals surface area contributed by atoms with E-state index in [9.17, 15) is 14.9 Å².